The average molecular weight is 331 g/mol. The van der Waals surface area contributed by atoms with Crippen LogP contribution in [0.3, 0.4) is 0 Å². The van der Waals surface area contributed by atoms with Gasteiger partial charge in [-0.25, -0.2) is 13.2 Å². The van der Waals surface area contributed by atoms with Crippen LogP contribution in [0, 0.1) is 0 Å². The van der Waals surface area contributed by atoms with Gasteiger partial charge in [0.1, 0.15) is 16.7 Å². The normalized spacial score (nSPS) is 12.5. The van der Waals surface area contributed by atoms with Gasteiger partial charge in [0.05, 0.1) is 19.3 Å². The van der Waals surface area contributed by atoms with Gasteiger partial charge in [0.25, 0.3) is 0 Å². The van der Waals surface area contributed by atoms with Crippen molar-refractivity contribution in [2.24, 2.45) is 0 Å². The first-order valence-electron chi connectivity index (χ1n) is 6.33. The van der Waals surface area contributed by atoms with E-state index < -0.39 is 28.0 Å². The predicted molar refractivity (Wildman–Crippen MR) is 76.4 cm³/mol. The molecule has 0 amide bonds. The van der Waals surface area contributed by atoms with Crippen LogP contribution in [0.25, 0.3) is 0 Å². The smallest absolute Gasteiger partial charge is 0.338 e. The van der Waals surface area contributed by atoms with Gasteiger partial charge in [-0.1, -0.05) is 0 Å². The minimum Gasteiger partial charge on any atom is -0.495 e. The second-order valence-electron chi connectivity index (χ2n) is 4.27. The number of nitrogens with one attached hydrogen (secondary N) is 1. The summed E-state index contributed by atoms with van der Waals surface area (Å²) in [6.07, 6.45) is 0. The van der Waals surface area contributed by atoms with Crippen molar-refractivity contribution in [1.82, 2.24) is 4.72 Å². The molecule has 2 N–H and O–H groups in total. The Morgan fingerprint density at radius 1 is 1.36 bits per heavy atom. The number of hydrogen-bond donors (Lipinski definition) is 2. The van der Waals surface area contributed by atoms with Crippen LogP contribution in [0.15, 0.2) is 23.1 Å². The van der Waals surface area contributed by atoms with Crippen LogP contribution in [-0.4, -0.2) is 45.2 Å². The van der Waals surface area contributed by atoms with Gasteiger partial charge in [-0.3, -0.25) is 4.79 Å². The monoisotopic (exact) mass is 331 g/mol. The molecule has 8 nitrogen and oxygen atoms in total. The number of hydrogen-bond acceptors (Lipinski definition) is 6. The van der Waals surface area contributed by atoms with Crippen molar-refractivity contribution in [2.75, 3.05) is 13.7 Å². The summed E-state index contributed by atoms with van der Waals surface area (Å²) in [4.78, 5) is 22.1. The van der Waals surface area contributed by atoms with Crippen LogP contribution in [0.1, 0.15) is 24.2 Å². The van der Waals surface area contributed by atoms with E-state index in [0.717, 1.165) is 6.07 Å². The average Bonchev–Trinajstić information content (AvgIpc) is 2.46. The molecule has 22 heavy (non-hydrogen) atoms. The first kappa shape index (κ1) is 17.9. The molecule has 0 fully saturated rings. The lowest BCUT2D eigenvalue weighted by Gasteiger charge is -2.14. The fourth-order valence-electron chi connectivity index (χ4n) is 1.57. The number of carbonyl (C=O) groups excluding carboxylic acids is 1. The molecule has 0 saturated heterocycles. The van der Waals surface area contributed by atoms with E-state index in [1.54, 1.807) is 6.92 Å². The van der Waals surface area contributed by atoms with Gasteiger partial charge in [0, 0.05) is 0 Å². The number of sulfonamides is 1. The Balaban J connectivity index is 3.28. The van der Waals surface area contributed by atoms with Crippen molar-refractivity contribution in [2.45, 2.75) is 24.8 Å². The number of carboxylic acids is 1. The molecule has 0 aliphatic rings. The summed E-state index contributed by atoms with van der Waals surface area (Å²) < 4.78 is 36.2. The molecule has 0 radical (unpaired) electrons. The molecule has 0 unspecified atom stereocenters. The molecule has 0 saturated carbocycles. The molecular formula is C13H17NO7S. The standard InChI is InChI=1S/C13H17NO7S/c1-4-21-13(17)9-5-6-10(20-3)11(7-9)22(18,19)14-8(2)12(15)16/h5-8,14H,4H2,1-3H3,(H,15,16)/t8-/m1/s1. The zero-order valence-corrected chi connectivity index (χ0v) is 13.1. The van der Waals surface area contributed by atoms with Crippen LogP contribution < -0.4 is 9.46 Å². The molecule has 0 aliphatic heterocycles. The van der Waals surface area contributed by atoms with Crippen LogP contribution in [0.4, 0.5) is 0 Å². The van der Waals surface area contributed by atoms with Gasteiger partial charge in [0.2, 0.25) is 10.0 Å². The number of methoxy groups -OCH3 is 1. The lowest BCUT2D eigenvalue weighted by Crippen LogP contribution is -2.38. The van der Waals surface area contributed by atoms with E-state index in [-0.39, 0.29) is 22.8 Å². The number of carboxylic acid groups (broad SMARTS) is 1. The largest absolute Gasteiger partial charge is 0.495 e. The van der Waals surface area contributed by atoms with E-state index in [9.17, 15) is 18.0 Å². The summed E-state index contributed by atoms with van der Waals surface area (Å²) in [6.45, 7) is 2.94. The Labute approximate surface area is 128 Å². The fraction of sp³-hybridized carbons (Fsp3) is 0.385. The lowest BCUT2D eigenvalue weighted by molar-refractivity contribution is -0.138. The molecule has 1 atom stereocenters. The van der Waals surface area contributed by atoms with Gasteiger partial charge in [-0.15, -0.1) is 0 Å². The van der Waals surface area contributed by atoms with E-state index in [2.05, 4.69) is 0 Å². The van der Waals surface area contributed by atoms with Crippen molar-refractivity contribution in [3.8, 4) is 5.75 Å². The molecule has 1 aromatic rings. The molecule has 0 bridgehead atoms. The SMILES string of the molecule is CCOC(=O)c1ccc(OC)c(S(=O)(=O)N[C@H](C)C(=O)O)c1. The highest BCUT2D eigenvalue weighted by Gasteiger charge is 2.26. The first-order valence-corrected chi connectivity index (χ1v) is 7.81. The third-order valence-corrected chi connectivity index (χ3v) is 4.23. The Morgan fingerprint density at radius 3 is 2.50 bits per heavy atom. The minimum absolute atomic E-state index is 0.0156. The second-order valence-corrected chi connectivity index (χ2v) is 5.95. The molecule has 9 heteroatoms. The highest BCUT2D eigenvalue weighted by Crippen LogP contribution is 2.25. The number of carbonyl (C=O) groups is 2. The maximum absolute atomic E-state index is 12.3. The quantitative estimate of drug-likeness (QED) is 0.703. The summed E-state index contributed by atoms with van der Waals surface area (Å²) in [7, 11) is -2.92. The van der Waals surface area contributed by atoms with Crippen LogP contribution in [0.2, 0.25) is 0 Å². The topological polar surface area (TPSA) is 119 Å². The molecule has 0 spiro atoms. The highest BCUT2D eigenvalue weighted by atomic mass is 32.2. The molecule has 0 aliphatic carbocycles. The van der Waals surface area contributed by atoms with E-state index in [0.29, 0.717) is 0 Å². The Hall–Kier alpha value is -2.13. The number of rotatable bonds is 7. The number of benzene rings is 1. The van der Waals surface area contributed by atoms with Crippen LogP contribution in [0.5, 0.6) is 5.75 Å². The maximum Gasteiger partial charge on any atom is 0.338 e. The van der Waals surface area contributed by atoms with Gasteiger partial charge in [-0.05, 0) is 32.0 Å². The second kappa shape index (κ2) is 7.23. The van der Waals surface area contributed by atoms with Crippen LogP contribution in [-0.2, 0) is 19.6 Å². The van der Waals surface area contributed by atoms with E-state index in [1.807, 2.05) is 4.72 Å². The van der Waals surface area contributed by atoms with Crippen molar-refractivity contribution >= 4 is 22.0 Å². The van der Waals surface area contributed by atoms with Gasteiger partial charge in [-0.2, -0.15) is 4.72 Å². The maximum atomic E-state index is 12.3. The third-order valence-electron chi connectivity index (χ3n) is 2.67. The number of aliphatic carboxylic acids is 1. The van der Waals surface area contributed by atoms with E-state index in [4.69, 9.17) is 14.6 Å². The summed E-state index contributed by atoms with van der Waals surface area (Å²) in [6, 6.07) is 2.40. The molecule has 1 rings (SSSR count). The number of ether oxygens (including phenoxy) is 2. The van der Waals surface area contributed by atoms with Crippen LogP contribution >= 0.6 is 0 Å². The molecule has 122 valence electrons. The fourth-order valence-corrected chi connectivity index (χ4v) is 2.97. The van der Waals surface area contributed by atoms with E-state index >= 15 is 0 Å². The van der Waals surface area contributed by atoms with E-state index in [1.165, 1.54) is 26.2 Å². The molecule has 0 aromatic heterocycles. The Bertz CT molecular complexity index is 669. The predicted octanol–water partition coefficient (Wildman–Crippen LogP) is 0.623. The highest BCUT2D eigenvalue weighted by molar-refractivity contribution is 7.89. The molecule has 1 aromatic carbocycles. The summed E-state index contributed by atoms with van der Waals surface area (Å²) in [5.41, 5.74) is 0.0194. The van der Waals surface area contributed by atoms with Gasteiger partial charge < -0.3 is 14.6 Å². The summed E-state index contributed by atoms with van der Waals surface area (Å²) >= 11 is 0. The zero-order valence-electron chi connectivity index (χ0n) is 12.3. The van der Waals surface area contributed by atoms with Crippen molar-refractivity contribution in [1.29, 1.82) is 0 Å². The van der Waals surface area contributed by atoms with Gasteiger partial charge >= 0.3 is 11.9 Å². The zero-order chi connectivity index (χ0) is 16.9. The Morgan fingerprint density at radius 2 is 2.00 bits per heavy atom. The molecular weight excluding hydrogens is 314 g/mol. The number of esters is 1. The van der Waals surface area contributed by atoms with Crippen molar-refractivity contribution < 1.29 is 32.6 Å². The first-order chi connectivity index (χ1) is 10.2. The van der Waals surface area contributed by atoms with Crippen molar-refractivity contribution in [3.63, 3.8) is 0 Å². The Kier molecular flexibility index (Phi) is 5.89. The van der Waals surface area contributed by atoms with Gasteiger partial charge in [0.15, 0.2) is 0 Å². The summed E-state index contributed by atoms with van der Waals surface area (Å²) in [5, 5.41) is 8.80. The molecule has 0 heterocycles. The lowest BCUT2D eigenvalue weighted by atomic mass is 10.2. The van der Waals surface area contributed by atoms with Crippen molar-refractivity contribution in [3.05, 3.63) is 23.8 Å². The summed E-state index contributed by atoms with van der Waals surface area (Å²) in [5.74, 6) is -2.03. The minimum atomic E-state index is -4.18. The third kappa shape index (κ3) is 4.18.